The molecule has 1 atom stereocenters. The molecule has 2 aromatic carbocycles. The summed E-state index contributed by atoms with van der Waals surface area (Å²) in [6.45, 7) is 1.17. The van der Waals surface area contributed by atoms with E-state index in [9.17, 15) is 9.59 Å². The number of thiophene rings is 1. The largest absolute Gasteiger partial charge is 0.337 e. The van der Waals surface area contributed by atoms with Crippen LogP contribution >= 0.6 is 22.7 Å². The predicted molar refractivity (Wildman–Crippen MR) is 127 cm³/mol. The van der Waals surface area contributed by atoms with Crippen LogP contribution in [0, 0.1) is 5.92 Å². The van der Waals surface area contributed by atoms with E-state index >= 15 is 0 Å². The van der Waals surface area contributed by atoms with Crippen molar-refractivity contribution < 1.29 is 9.59 Å². The zero-order valence-corrected chi connectivity index (χ0v) is 18.4. The number of hydrogen-bond donors (Lipinski definition) is 1. The molecule has 0 radical (unpaired) electrons. The molecule has 1 saturated heterocycles. The molecule has 2 aromatic heterocycles. The van der Waals surface area contributed by atoms with Gasteiger partial charge in [-0.3, -0.25) is 9.59 Å². The third-order valence-corrected chi connectivity index (χ3v) is 7.45. The van der Waals surface area contributed by atoms with Crippen LogP contribution in [-0.4, -0.2) is 34.8 Å². The molecule has 156 valence electrons. The Balaban J connectivity index is 1.24. The SMILES string of the molecule is O=C(Nc1ccc(-c2nc3ccccc3s2)cc1)C1CCCN(C(=O)c2cccs2)C1. The number of aromatic nitrogens is 1. The molecular weight excluding hydrogens is 426 g/mol. The Kier molecular flexibility index (Phi) is 5.53. The quantitative estimate of drug-likeness (QED) is 0.448. The fraction of sp³-hybridized carbons (Fsp3) is 0.208. The standard InChI is InChI=1S/C24H21N3O2S2/c28-22(17-5-3-13-27(15-17)24(29)21-8-4-14-30-21)25-18-11-9-16(10-12-18)23-26-19-6-1-2-7-20(19)31-23/h1-2,4,6-12,14,17H,3,5,13,15H2,(H,25,28). The topological polar surface area (TPSA) is 62.3 Å². The molecule has 5 rings (SSSR count). The second-order valence-electron chi connectivity index (χ2n) is 7.62. The second-order valence-corrected chi connectivity index (χ2v) is 9.60. The summed E-state index contributed by atoms with van der Waals surface area (Å²) >= 11 is 3.10. The van der Waals surface area contributed by atoms with Crippen molar-refractivity contribution in [3.63, 3.8) is 0 Å². The Morgan fingerprint density at radius 2 is 1.87 bits per heavy atom. The Morgan fingerprint density at radius 1 is 1.03 bits per heavy atom. The molecule has 1 N–H and O–H groups in total. The monoisotopic (exact) mass is 447 g/mol. The Labute approximate surface area is 188 Å². The van der Waals surface area contributed by atoms with Gasteiger partial charge in [-0.2, -0.15) is 0 Å². The minimum atomic E-state index is -0.193. The van der Waals surface area contributed by atoms with Gasteiger partial charge in [-0.1, -0.05) is 18.2 Å². The lowest BCUT2D eigenvalue weighted by atomic mass is 9.96. The van der Waals surface area contributed by atoms with Crippen LogP contribution in [0.15, 0.2) is 66.0 Å². The van der Waals surface area contributed by atoms with Crippen LogP contribution in [0.4, 0.5) is 5.69 Å². The third kappa shape index (κ3) is 4.24. The number of likely N-dealkylation sites (tertiary alicyclic amines) is 1. The van der Waals surface area contributed by atoms with Gasteiger partial charge in [0.05, 0.1) is 21.0 Å². The molecule has 0 spiro atoms. The van der Waals surface area contributed by atoms with Crippen LogP contribution in [-0.2, 0) is 4.79 Å². The predicted octanol–water partition coefficient (Wildman–Crippen LogP) is 5.52. The van der Waals surface area contributed by atoms with Gasteiger partial charge < -0.3 is 10.2 Å². The summed E-state index contributed by atoms with van der Waals surface area (Å²) in [6, 6.07) is 19.6. The summed E-state index contributed by atoms with van der Waals surface area (Å²) in [6.07, 6.45) is 1.63. The molecular formula is C24H21N3O2S2. The van der Waals surface area contributed by atoms with E-state index in [4.69, 9.17) is 0 Å². The summed E-state index contributed by atoms with van der Waals surface area (Å²) in [4.78, 5) is 32.7. The lowest BCUT2D eigenvalue weighted by Gasteiger charge is -2.31. The number of para-hydroxylation sites is 1. The maximum atomic E-state index is 12.8. The van der Waals surface area contributed by atoms with Crippen LogP contribution < -0.4 is 5.32 Å². The highest BCUT2D eigenvalue weighted by molar-refractivity contribution is 7.21. The highest BCUT2D eigenvalue weighted by Gasteiger charge is 2.29. The average molecular weight is 448 g/mol. The number of nitrogens with zero attached hydrogens (tertiary/aromatic N) is 2. The van der Waals surface area contributed by atoms with E-state index in [0.29, 0.717) is 13.1 Å². The molecule has 0 saturated carbocycles. The van der Waals surface area contributed by atoms with Crippen molar-refractivity contribution in [1.82, 2.24) is 9.88 Å². The first kappa shape index (κ1) is 19.9. The van der Waals surface area contributed by atoms with Crippen molar-refractivity contribution >= 4 is 50.4 Å². The number of rotatable bonds is 4. The molecule has 0 aliphatic carbocycles. The van der Waals surface area contributed by atoms with Gasteiger partial charge in [-0.05, 0) is 60.7 Å². The van der Waals surface area contributed by atoms with E-state index in [0.717, 1.165) is 44.2 Å². The number of amides is 2. The highest BCUT2D eigenvalue weighted by Crippen LogP contribution is 2.31. The minimum Gasteiger partial charge on any atom is -0.337 e. The van der Waals surface area contributed by atoms with E-state index in [1.54, 1.807) is 16.2 Å². The molecule has 3 heterocycles. The summed E-state index contributed by atoms with van der Waals surface area (Å²) in [5.41, 5.74) is 2.79. The minimum absolute atomic E-state index is 0.0210. The molecule has 31 heavy (non-hydrogen) atoms. The van der Waals surface area contributed by atoms with Gasteiger partial charge in [0.1, 0.15) is 5.01 Å². The van der Waals surface area contributed by atoms with Gasteiger partial charge in [0.15, 0.2) is 0 Å². The molecule has 1 aliphatic heterocycles. The highest BCUT2D eigenvalue weighted by atomic mass is 32.1. The van der Waals surface area contributed by atoms with Gasteiger partial charge in [0, 0.05) is 24.3 Å². The van der Waals surface area contributed by atoms with E-state index in [2.05, 4.69) is 16.4 Å². The van der Waals surface area contributed by atoms with Crippen molar-refractivity contribution in [1.29, 1.82) is 0 Å². The number of fused-ring (bicyclic) bond motifs is 1. The van der Waals surface area contributed by atoms with Crippen molar-refractivity contribution in [3.05, 3.63) is 70.9 Å². The Bertz CT molecular complexity index is 1180. The number of anilines is 1. The van der Waals surface area contributed by atoms with Gasteiger partial charge in [0.2, 0.25) is 5.91 Å². The fourth-order valence-electron chi connectivity index (χ4n) is 3.87. The number of nitrogens with one attached hydrogen (secondary N) is 1. The van der Waals surface area contributed by atoms with E-state index < -0.39 is 0 Å². The first-order valence-corrected chi connectivity index (χ1v) is 12.0. The molecule has 1 fully saturated rings. The van der Waals surface area contributed by atoms with Gasteiger partial charge in [-0.15, -0.1) is 22.7 Å². The summed E-state index contributed by atoms with van der Waals surface area (Å²) in [7, 11) is 0. The van der Waals surface area contributed by atoms with Crippen molar-refractivity contribution in [2.24, 2.45) is 5.92 Å². The Morgan fingerprint density at radius 3 is 2.65 bits per heavy atom. The zero-order chi connectivity index (χ0) is 21.2. The summed E-state index contributed by atoms with van der Waals surface area (Å²) in [5.74, 6) is -0.203. The number of piperidine rings is 1. The van der Waals surface area contributed by atoms with Crippen LogP contribution in [0.5, 0.6) is 0 Å². The Hall–Kier alpha value is -3.03. The first-order chi connectivity index (χ1) is 15.2. The van der Waals surface area contributed by atoms with Crippen LogP contribution in [0.3, 0.4) is 0 Å². The zero-order valence-electron chi connectivity index (χ0n) is 16.8. The van der Waals surface area contributed by atoms with E-state index in [1.165, 1.54) is 11.3 Å². The van der Waals surface area contributed by atoms with Gasteiger partial charge in [0.25, 0.3) is 5.91 Å². The lowest BCUT2D eigenvalue weighted by Crippen LogP contribution is -2.43. The van der Waals surface area contributed by atoms with E-state index in [1.807, 2.05) is 60.0 Å². The number of hydrogen-bond acceptors (Lipinski definition) is 5. The average Bonchev–Trinajstić information content (AvgIpc) is 3.49. The number of carbonyl (C=O) groups excluding carboxylic acids is 2. The summed E-state index contributed by atoms with van der Waals surface area (Å²) in [5, 5.41) is 5.89. The molecule has 5 nitrogen and oxygen atoms in total. The third-order valence-electron chi connectivity index (χ3n) is 5.50. The lowest BCUT2D eigenvalue weighted by molar-refractivity contribution is -0.121. The number of benzene rings is 2. The number of carbonyl (C=O) groups is 2. The molecule has 7 heteroatoms. The number of thiazole rings is 1. The fourth-order valence-corrected chi connectivity index (χ4v) is 5.53. The molecule has 4 aromatic rings. The van der Waals surface area contributed by atoms with Crippen molar-refractivity contribution in [3.8, 4) is 10.6 Å². The van der Waals surface area contributed by atoms with Gasteiger partial charge in [-0.25, -0.2) is 4.98 Å². The first-order valence-electron chi connectivity index (χ1n) is 10.3. The molecule has 2 amide bonds. The molecule has 1 unspecified atom stereocenters. The smallest absolute Gasteiger partial charge is 0.263 e. The summed E-state index contributed by atoms with van der Waals surface area (Å²) < 4.78 is 1.16. The normalized spacial score (nSPS) is 16.4. The van der Waals surface area contributed by atoms with E-state index in [-0.39, 0.29) is 17.7 Å². The molecule has 0 bridgehead atoms. The van der Waals surface area contributed by atoms with Crippen molar-refractivity contribution in [2.75, 3.05) is 18.4 Å². The second kappa shape index (κ2) is 8.61. The maximum Gasteiger partial charge on any atom is 0.263 e. The molecule has 1 aliphatic rings. The van der Waals surface area contributed by atoms with Gasteiger partial charge >= 0.3 is 0 Å². The van der Waals surface area contributed by atoms with Crippen LogP contribution in [0.1, 0.15) is 22.5 Å². The van der Waals surface area contributed by atoms with Crippen LogP contribution in [0.25, 0.3) is 20.8 Å². The van der Waals surface area contributed by atoms with Crippen LogP contribution in [0.2, 0.25) is 0 Å². The maximum absolute atomic E-state index is 12.8. The van der Waals surface area contributed by atoms with Crippen molar-refractivity contribution in [2.45, 2.75) is 12.8 Å².